The number of fused-ring (bicyclic) bond motifs is 4. The maximum absolute atomic E-state index is 2.53. The van der Waals surface area contributed by atoms with Crippen molar-refractivity contribution < 1.29 is 0 Å². The molecule has 0 bridgehead atoms. The van der Waals surface area contributed by atoms with Crippen molar-refractivity contribution in [2.24, 2.45) is 23.7 Å². The second-order valence-electron chi connectivity index (χ2n) is 15.9. The van der Waals surface area contributed by atoms with Gasteiger partial charge >= 0.3 is 0 Å². The van der Waals surface area contributed by atoms with Gasteiger partial charge in [0.05, 0.1) is 0 Å². The SMILES string of the molecule is C1=CC2C(c3ccccc3)=c3ccc(-c4ccc(C5=CC6C(c7ccccc7)=c7ccccc7=C(c7ccccc7)C6C=C5)cc4)cc3=C(c3ccccc3)C2C=C1. The molecule has 274 valence electrons. The fourth-order valence-corrected chi connectivity index (χ4v) is 10.1. The molecule has 58 heavy (non-hydrogen) atoms. The quantitative estimate of drug-likeness (QED) is 0.159. The van der Waals surface area contributed by atoms with Gasteiger partial charge in [-0.15, -0.1) is 0 Å². The minimum Gasteiger partial charge on any atom is -0.0760 e. The Bertz CT molecular complexity index is 3070. The second kappa shape index (κ2) is 14.5. The molecular weight excluding hydrogens is 697 g/mol. The summed E-state index contributed by atoms with van der Waals surface area (Å²) in [6.45, 7) is 0. The van der Waals surface area contributed by atoms with Crippen LogP contribution in [0.15, 0.2) is 231 Å². The average Bonchev–Trinajstić information content (AvgIpc) is 3.30. The first kappa shape index (κ1) is 34.2. The maximum atomic E-state index is 2.53. The smallest absolute Gasteiger partial charge is 0.0143 e. The summed E-state index contributed by atoms with van der Waals surface area (Å²) in [5.41, 5.74) is 15.7. The van der Waals surface area contributed by atoms with Crippen LogP contribution in [0.2, 0.25) is 0 Å². The van der Waals surface area contributed by atoms with Gasteiger partial charge in [-0.3, -0.25) is 0 Å². The minimum atomic E-state index is 0.197. The lowest BCUT2D eigenvalue weighted by atomic mass is 9.69. The molecule has 0 aromatic heterocycles. The van der Waals surface area contributed by atoms with Crippen molar-refractivity contribution in [3.05, 3.63) is 279 Å². The zero-order valence-corrected chi connectivity index (χ0v) is 32.2. The molecule has 7 aromatic carbocycles. The molecule has 0 heterocycles. The van der Waals surface area contributed by atoms with E-state index < -0.39 is 0 Å². The molecular formula is C58H42. The molecule has 0 heteroatoms. The highest BCUT2D eigenvalue weighted by Gasteiger charge is 2.34. The molecule has 0 saturated heterocycles. The molecule has 4 atom stereocenters. The Morgan fingerprint density at radius 1 is 0.259 bits per heavy atom. The summed E-state index contributed by atoms with van der Waals surface area (Å²) in [4.78, 5) is 0. The molecule has 4 aliphatic rings. The van der Waals surface area contributed by atoms with E-state index in [1.165, 1.54) is 87.7 Å². The molecule has 4 aliphatic carbocycles. The molecule has 0 fully saturated rings. The van der Waals surface area contributed by atoms with Crippen LogP contribution in [0, 0.1) is 23.7 Å². The molecule has 11 rings (SSSR count). The van der Waals surface area contributed by atoms with E-state index in [-0.39, 0.29) is 23.7 Å². The van der Waals surface area contributed by atoms with Gasteiger partial charge in [-0.1, -0.05) is 225 Å². The first-order valence-electron chi connectivity index (χ1n) is 20.6. The van der Waals surface area contributed by atoms with Crippen molar-refractivity contribution in [2.75, 3.05) is 0 Å². The van der Waals surface area contributed by atoms with E-state index in [0.717, 1.165) is 0 Å². The Morgan fingerprint density at radius 2 is 0.638 bits per heavy atom. The van der Waals surface area contributed by atoms with Gasteiger partial charge < -0.3 is 0 Å². The van der Waals surface area contributed by atoms with Gasteiger partial charge in [-0.05, 0) is 93.8 Å². The monoisotopic (exact) mass is 738 g/mol. The van der Waals surface area contributed by atoms with Crippen LogP contribution in [0.1, 0.15) is 27.8 Å². The van der Waals surface area contributed by atoms with Gasteiger partial charge in [-0.25, -0.2) is 0 Å². The van der Waals surface area contributed by atoms with E-state index >= 15 is 0 Å². The first-order valence-corrected chi connectivity index (χ1v) is 20.6. The number of hydrogen-bond donors (Lipinski definition) is 0. The fourth-order valence-electron chi connectivity index (χ4n) is 10.1. The second-order valence-corrected chi connectivity index (χ2v) is 15.9. The standard InChI is InChI=1S/C58H42/c1-5-17-41(18-6-1)55-47-25-13-15-27-49(47)57(43-21-9-3-10-22-43)53-37-45(33-35-51(53)55)39-29-31-40(32-30-39)46-34-36-52-54(38-46)58(44-23-11-4-12-24-44)50-28-16-14-26-48(50)56(52)42-19-7-2-8-20-42/h1-38,47,49,52,54H. The normalized spacial score (nSPS) is 20.2. The van der Waals surface area contributed by atoms with Crippen molar-refractivity contribution >= 4 is 27.9 Å². The van der Waals surface area contributed by atoms with Crippen LogP contribution in [0.3, 0.4) is 0 Å². The molecule has 0 aliphatic heterocycles. The highest BCUT2D eigenvalue weighted by atomic mass is 14.4. The maximum Gasteiger partial charge on any atom is 0.0143 e. The highest BCUT2D eigenvalue weighted by Crippen LogP contribution is 2.44. The number of rotatable bonds is 6. The van der Waals surface area contributed by atoms with Crippen LogP contribution in [-0.4, -0.2) is 0 Å². The van der Waals surface area contributed by atoms with Gasteiger partial charge in [0.1, 0.15) is 0 Å². The molecule has 7 aromatic rings. The Kier molecular flexibility index (Phi) is 8.55. The van der Waals surface area contributed by atoms with E-state index in [2.05, 4.69) is 231 Å². The molecule has 4 unspecified atom stereocenters. The van der Waals surface area contributed by atoms with Gasteiger partial charge in [0.15, 0.2) is 0 Å². The summed E-state index contributed by atoms with van der Waals surface area (Å²) in [5, 5.41) is 5.30. The zero-order valence-electron chi connectivity index (χ0n) is 32.2. The molecule has 0 radical (unpaired) electrons. The third kappa shape index (κ3) is 5.84. The van der Waals surface area contributed by atoms with Crippen LogP contribution in [0.4, 0.5) is 0 Å². The first-order chi connectivity index (χ1) is 28.8. The lowest BCUT2D eigenvalue weighted by Crippen LogP contribution is -2.40. The largest absolute Gasteiger partial charge is 0.0760 e. The van der Waals surface area contributed by atoms with Crippen molar-refractivity contribution in [3.63, 3.8) is 0 Å². The molecule has 0 amide bonds. The molecule has 0 spiro atoms. The van der Waals surface area contributed by atoms with Gasteiger partial charge in [0.25, 0.3) is 0 Å². The Labute approximate surface area is 340 Å². The van der Waals surface area contributed by atoms with Gasteiger partial charge in [0.2, 0.25) is 0 Å². The predicted molar refractivity (Wildman–Crippen MR) is 242 cm³/mol. The predicted octanol–water partition coefficient (Wildman–Crippen LogP) is 10.4. The van der Waals surface area contributed by atoms with Crippen LogP contribution in [0.5, 0.6) is 0 Å². The molecule has 0 N–H and O–H groups in total. The summed E-state index contributed by atoms with van der Waals surface area (Å²) in [6.07, 6.45) is 16.6. The van der Waals surface area contributed by atoms with Crippen LogP contribution < -0.4 is 20.9 Å². The topological polar surface area (TPSA) is 0 Å². The summed E-state index contributed by atoms with van der Waals surface area (Å²) in [5.74, 6) is 0.955. The van der Waals surface area contributed by atoms with E-state index in [1.807, 2.05) is 0 Å². The van der Waals surface area contributed by atoms with Crippen LogP contribution in [0.25, 0.3) is 39.0 Å². The lowest BCUT2D eigenvalue weighted by Gasteiger charge is -2.34. The third-order valence-corrected chi connectivity index (χ3v) is 12.7. The summed E-state index contributed by atoms with van der Waals surface area (Å²) in [6, 6.07) is 69.4. The van der Waals surface area contributed by atoms with E-state index in [1.54, 1.807) is 0 Å². The Balaban J connectivity index is 1.03. The van der Waals surface area contributed by atoms with E-state index in [0.29, 0.717) is 0 Å². The summed E-state index contributed by atoms with van der Waals surface area (Å²) in [7, 11) is 0. The number of allylic oxidation sites excluding steroid dienone is 8. The minimum absolute atomic E-state index is 0.197. The molecule has 0 saturated carbocycles. The van der Waals surface area contributed by atoms with Crippen LogP contribution in [-0.2, 0) is 0 Å². The van der Waals surface area contributed by atoms with Gasteiger partial charge in [-0.2, -0.15) is 0 Å². The van der Waals surface area contributed by atoms with Crippen molar-refractivity contribution in [2.45, 2.75) is 0 Å². The Hall–Kier alpha value is -7.02. The number of hydrogen-bond acceptors (Lipinski definition) is 0. The average molecular weight is 739 g/mol. The summed E-state index contributed by atoms with van der Waals surface area (Å²) < 4.78 is 0. The zero-order chi connectivity index (χ0) is 38.4. The van der Waals surface area contributed by atoms with Crippen molar-refractivity contribution in [1.82, 2.24) is 0 Å². The van der Waals surface area contributed by atoms with Crippen molar-refractivity contribution in [3.8, 4) is 11.1 Å². The van der Waals surface area contributed by atoms with E-state index in [4.69, 9.17) is 0 Å². The molecule has 0 nitrogen and oxygen atoms in total. The summed E-state index contributed by atoms with van der Waals surface area (Å²) >= 11 is 0. The Morgan fingerprint density at radius 3 is 1.14 bits per heavy atom. The van der Waals surface area contributed by atoms with Gasteiger partial charge in [0, 0.05) is 23.7 Å². The van der Waals surface area contributed by atoms with Crippen LogP contribution >= 0.6 is 0 Å². The third-order valence-electron chi connectivity index (χ3n) is 12.7. The van der Waals surface area contributed by atoms with Crippen molar-refractivity contribution in [1.29, 1.82) is 0 Å². The number of benzene rings is 7. The van der Waals surface area contributed by atoms with E-state index in [9.17, 15) is 0 Å². The fraction of sp³-hybridized carbons (Fsp3) is 0.0690. The lowest BCUT2D eigenvalue weighted by molar-refractivity contribution is 0.686. The highest BCUT2D eigenvalue weighted by molar-refractivity contribution is 5.87.